The van der Waals surface area contributed by atoms with Crippen LogP contribution in [0.25, 0.3) is 0 Å². The minimum absolute atomic E-state index is 0.430. The molecule has 0 nitrogen and oxygen atoms in total. The highest BCUT2D eigenvalue weighted by molar-refractivity contribution is 5.21. The van der Waals surface area contributed by atoms with Gasteiger partial charge in [-0.3, -0.25) is 0 Å². The first-order valence-electron chi connectivity index (χ1n) is 5.24. The number of hydrogen-bond donors (Lipinski definition) is 0. The highest BCUT2D eigenvalue weighted by atomic mass is 14.3. The zero-order valence-electron chi connectivity index (χ0n) is 8.96. The largest absolute Gasteiger partial charge is 0.0771 e. The van der Waals surface area contributed by atoms with Crippen molar-refractivity contribution in [3.63, 3.8) is 0 Å². The Kier molecular flexibility index (Phi) is 3.53. The van der Waals surface area contributed by atoms with Crippen molar-refractivity contribution >= 4 is 0 Å². The number of allylic oxidation sites excluding steroid dienone is 6. The number of rotatable bonds is 3. The maximum Gasteiger partial charge on any atom is 0.000643 e. The van der Waals surface area contributed by atoms with E-state index < -0.39 is 0 Å². The Hall–Kier alpha value is -0.780. The lowest BCUT2D eigenvalue weighted by Gasteiger charge is -2.32. The van der Waals surface area contributed by atoms with Gasteiger partial charge in [0.1, 0.15) is 0 Å². The van der Waals surface area contributed by atoms with Crippen LogP contribution in [-0.4, -0.2) is 0 Å². The third kappa shape index (κ3) is 2.33. The van der Waals surface area contributed by atoms with Crippen molar-refractivity contribution in [2.24, 2.45) is 11.3 Å². The monoisotopic (exact) mass is 176 g/mol. The molecule has 1 rings (SSSR count). The molecule has 0 heteroatoms. The molecule has 0 aromatic carbocycles. The summed E-state index contributed by atoms with van der Waals surface area (Å²) < 4.78 is 0. The second kappa shape index (κ2) is 4.45. The zero-order chi connectivity index (χ0) is 9.73. The van der Waals surface area contributed by atoms with E-state index in [9.17, 15) is 0 Å². The van der Waals surface area contributed by atoms with Gasteiger partial charge in [-0.25, -0.2) is 0 Å². The molecule has 1 aliphatic rings. The van der Waals surface area contributed by atoms with Crippen LogP contribution in [0.5, 0.6) is 0 Å². The third-order valence-corrected chi connectivity index (χ3v) is 3.39. The molecule has 0 aromatic heterocycles. The summed E-state index contributed by atoms with van der Waals surface area (Å²) >= 11 is 0. The summed E-state index contributed by atoms with van der Waals surface area (Å²) in [6, 6.07) is 0. The van der Waals surface area contributed by atoms with E-state index in [0.717, 1.165) is 0 Å². The Labute approximate surface area is 82.0 Å². The van der Waals surface area contributed by atoms with Gasteiger partial charge in [-0.1, -0.05) is 57.2 Å². The van der Waals surface area contributed by atoms with Crippen LogP contribution in [0.1, 0.15) is 33.6 Å². The summed E-state index contributed by atoms with van der Waals surface area (Å²) in [7, 11) is 0. The fourth-order valence-electron chi connectivity index (χ4n) is 1.75. The van der Waals surface area contributed by atoms with E-state index in [4.69, 9.17) is 0 Å². The van der Waals surface area contributed by atoms with Crippen LogP contribution in [0.2, 0.25) is 0 Å². The predicted molar refractivity (Wildman–Crippen MR) is 59.6 cm³/mol. The molecule has 0 saturated carbocycles. The van der Waals surface area contributed by atoms with Gasteiger partial charge in [0.2, 0.25) is 0 Å². The van der Waals surface area contributed by atoms with Crippen LogP contribution >= 0.6 is 0 Å². The fourth-order valence-corrected chi connectivity index (χ4v) is 1.75. The minimum Gasteiger partial charge on any atom is -0.0771 e. The van der Waals surface area contributed by atoms with Crippen molar-refractivity contribution in [1.82, 2.24) is 0 Å². The van der Waals surface area contributed by atoms with Crippen molar-refractivity contribution in [3.05, 3.63) is 36.5 Å². The molecule has 13 heavy (non-hydrogen) atoms. The van der Waals surface area contributed by atoms with Crippen LogP contribution in [0.4, 0.5) is 0 Å². The molecule has 0 aromatic rings. The van der Waals surface area contributed by atoms with Gasteiger partial charge in [-0.2, -0.15) is 0 Å². The van der Waals surface area contributed by atoms with Crippen LogP contribution in [0, 0.1) is 11.3 Å². The van der Waals surface area contributed by atoms with Gasteiger partial charge in [-0.05, 0) is 18.3 Å². The second-order valence-corrected chi connectivity index (χ2v) is 4.04. The molecule has 0 amide bonds. The summed E-state index contributed by atoms with van der Waals surface area (Å²) in [5.74, 6) is 0.595. The van der Waals surface area contributed by atoms with E-state index in [0.29, 0.717) is 11.3 Å². The van der Waals surface area contributed by atoms with E-state index in [2.05, 4.69) is 57.2 Å². The van der Waals surface area contributed by atoms with Crippen LogP contribution < -0.4 is 0 Å². The van der Waals surface area contributed by atoms with Crippen LogP contribution in [0.15, 0.2) is 36.5 Å². The topological polar surface area (TPSA) is 0 Å². The first-order valence-corrected chi connectivity index (χ1v) is 5.24. The van der Waals surface area contributed by atoms with Gasteiger partial charge >= 0.3 is 0 Å². The van der Waals surface area contributed by atoms with Gasteiger partial charge in [0.15, 0.2) is 0 Å². The average molecular weight is 176 g/mol. The van der Waals surface area contributed by atoms with Crippen molar-refractivity contribution < 1.29 is 0 Å². The lowest BCUT2D eigenvalue weighted by molar-refractivity contribution is 0.244. The SMILES string of the molecule is CCC(C)(CC)C1C=CC=CC=C1. The van der Waals surface area contributed by atoms with Crippen molar-refractivity contribution in [2.75, 3.05) is 0 Å². The van der Waals surface area contributed by atoms with Crippen molar-refractivity contribution in [2.45, 2.75) is 33.6 Å². The maximum atomic E-state index is 2.37. The summed E-state index contributed by atoms with van der Waals surface area (Å²) in [5.41, 5.74) is 0.430. The summed E-state index contributed by atoms with van der Waals surface area (Å²) in [4.78, 5) is 0. The molecule has 0 fully saturated rings. The van der Waals surface area contributed by atoms with E-state index in [1.807, 2.05) is 0 Å². The maximum absolute atomic E-state index is 2.37. The second-order valence-electron chi connectivity index (χ2n) is 4.04. The van der Waals surface area contributed by atoms with Gasteiger partial charge in [0.05, 0.1) is 0 Å². The van der Waals surface area contributed by atoms with Crippen LogP contribution in [0.3, 0.4) is 0 Å². The van der Waals surface area contributed by atoms with E-state index in [1.54, 1.807) is 0 Å². The smallest absolute Gasteiger partial charge is 0.000643 e. The molecule has 0 bridgehead atoms. The fraction of sp³-hybridized carbons (Fsp3) is 0.538. The van der Waals surface area contributed by atoms with E-state index in [-0.39, 0.29) is 0 Å². The third-order valence-electron chi connectivity index (χ3n) is 3.39. The van der Waals surface area contributed by atoms with E-state index in [1.165, 1.54) is 12.8 Å². The zero-order valence-corrected chi connectivity index (χ0v) is 8.96. The summed E-state index contributed by atoms with van der Waals surface area (Å²) in [5, 5.41) is 0. The molecule has 0 saturated heterocycles. The summed E-state index contributed by atoms with van der Waals surface area (Å²) in [6.45, 7) is 6.94. The lowest BCUT2D eigenvalue weighted by Crippen LogP contribution is -2.22. The van der Waals surface area contributed by atoms with Crippen molar-refractivity contribution in [3.8, 4) is 0 Å². The summed E-state index contributed by atoms with van der Waals surface area (Å²) in [6.07, 6.45) is 15.6. The normalized spacial score (nSPS) is 17.8. The molecule has 0 heterocycles. The minimum atomic E-state index is 0.430. The van der Waals surface area contributed by atoms with E-state index >= 15 is 0 Å². The van der Waals surface area contributed by atoms with Crippen molar-refractivity contribution in [1.29, 1.82) is 0 Å². The average Bonchev–Trinajstić information content (AvgIpc) is 2.45. The van der Waals surface area contributed by atoms with Gasteiger partial charge in [0, 0.05) is 5.92 Å². The molecule has 0 atom stereocenters. The quantitative estimate of drug-likeness (QED) is 0.607. The molecular formula is C13H20. The number of hydrogen-bond acceptors (Lipinski definition) is 0. The molecule has 0 N–H and O–H groups in total. The highest BCUT2D eigenvalue weighted by Gasteiger charge is 2.26. The molecular weight excluding hydrogens is 156 g/mol. The Balaban J connectivity index is 2.80. The molecule has 0 spiro atoms. The Morgan fingerprint density at radius 1 is 0.923 bits per heavy atom. The first kappa shape index (κ1) is 10.3. The molecule has 72 valence electrons. The van der Waals surface area contributed by atoms with Crippen LogP contribution in [-0.2, 0) is 0 Å². The molecule has 1 aliphatic carbocycles. The first-order chi connectivity index (χ1) is 6.23. The van der Waals surface area contributed by atoms with Gasteiger partial charge in [-0.15, -0.1) is 0 Å². The molecule has 0 radical (unpaired) electrons. The Morgan fingerprint density at radius 3 is 1.77 bits per heavy atom. The Bertz CT molecular complexity index is 210. The lowest BCUT2D eigenvalue weighted by atomic mass is 9.73. The molecule has 0 aliphatic heterocycles. The predicted octanol–water partition coefficient (Wildman–Crippen LogP) is 4.11. The Morgan fingerprint density at radius 2 is 1.38 bits per heavy atom. The highest BCUT2D eigenvalue weighted by Crippen LogP contribution is 2.36. The molecule has 0 unspecified atom stereocenters. The van der Waals surface area contributed by atoms with Gasteiger partial charge < -0.3 is 0 Å². The van der Waals surface area contributed by atoms with Gasteiger partial charge in [0.25, 0.3) is 0 Å². The standard InChI is InChI=1S/C13H20/c1-4-13(3,5-2)12-10-8-6-7-9-11-12/h6-12H,4-5H2,1-3H3.